The van der Waals surface area contributed by atoms with E-state index in [2.05, 4.69) is 43.4 Å². The minimum atomic E-state index is -0.146. The summed E-state index contributed by atoms with van der Waals surface area (Å²) in [4.78, 5) is 27.4. The van der Waals surface area contributed by atoms with E-state index in [9.17, 15) is 9.59 Å². The minimum absolute atomic E-state index is 0.0447. The fourth-order valence-corrected chi connectivity index (χ4v) is 4.33. The molecule has 0 spiro atoms. The highest BCUT2D eigenvalue weighted by molar-refractivity contribution is 5.95. The molecule has 28 heavy (non-hydrogen) atoms. The largest absolute Gasteiger partial charge is 0.354 e. The number of rotatable bonds is 5. The lowest BCUT2D eigenvalue weighted by Crippen LogP contribution is -2.46. The second kappa shape index (κ2) is 8.64. The Morgan fingerprint density at radius 2 is 2.07 bits per heavy atom. The molecular weight excluding hydrogens is 354 g/mol. The molecule has 7 nitrogen and oxygen atoms in total. The van der Waals surface area contributed by atoms with Gasteiger partial charge in [-0.25, -0.2) is 0 Å². The molecule has 156 valence electrons. The maximum Gasteiger partial charge on any atom is 0.257 e. The number of hydrogen-bond acceptors (Lipinski definition) is 4. The molecule has 1 aromatic heterocycles. The van der Waals surface area contributed by atoms with Gasteiger partial charge in [-0.05, 0) is 65.3 Å². The molecule has 2 aliphatic heterocycles. The number of carbonyl (C=O) groups is 2. The Hall–Kier alpha value is -1.89. The summed E-state index contributed by atoms with van der Waals surface area (Å²) in [6.07, 6.45) is 6.50. The van der Waals surface area contributed by atoms with E-state index < -0.39 is 0 Å². The number of carbonyl (C=O) groups excluding carboxylic acids is 2. The maximum absolute atomic E-state index is 13.2. The van der Waals surface area contributed by atoms with Crippen LogP contribution in [0.3, 0.4) is 0 Å². The van der Waals surface area contributed by atoms with Gasteiger partial charge in [-0.3, -0.25) is 14.3 Å². The Balaban J connectivity index is 1.61. The predicted molar refractivity (Wildman–Crippen MR) is 109 cm³/mol. The zero-order valence-electron chi connectivity index (χ0n) is 17.8. The third kappa shape index (κ3) is 4.57. The van der Waals surface area contributed by atoms with Crippen molar-refractivity contribution in [2.45, 2.75) is 71.4 Å². The van der Waals surface area contributed by atoms with Crippen LogP contribution in [0.15, 0.2) is 6.20 Å². The monoisotopic (exact) mass is 389 g/mol. The van der Waals surface area contributed by atoms with Crippen LogP contribution in [-0.2, 0) is 16.8 Å². The van der Waals surface area contributed by atoms with Crippen molar-refractivity contribution in [1.82, 2.24) is 25.3 Å². The van der Waals surface area contributed by atoms with Crippen molar-refractivity contribution in [3.05, 3.63) is 17.5 Å². The van der Waals surface area contributed by atoms with Crippen LogP contribution in [-0.4, -0.2) is 58.7 Å². The van der Waals surface area contributed by atoms with Crippen LogP contribution in [0.1, 0.15) is 69.4 Å². The molecule has 0 bridgehead atoms. The fourth-order valence-electron chi connectivity index (χ4n) is 4.33. The Morgan fingerprint density at radius 3 is 2.71 bits per heavy atom. The number of nitrogens with one attached hydrogen (secondary N) is 2. The average Bonchev–Trinajstić information content (AvgIpc) is 3.34. The van der Waals surface area contributed by atoms with Gasteiger partial charge in [0.1, 0.15) is 0 Å². The third-order valence-corrected chi connectivity index (χ3v) is 5.82. The summed E-state index contributed by atoms with van der Waals surface area (Å²) in [5.41, 5.74) is 1.57. The second-order valence-electron chi connectivity index (χ2n) is 9.09. The van der Waals surface area contributed by atoms with Crippen LogP contribution >= 0.6 is 0 Å². The van der Waals surface area contributed by atoms with E-state index in [1.807, 2.05) is 9.58 Å². The van der Waals surface area contributed by atoms with Crippen LogP contribution < -0.4 is 10.6 Å². The van der Waals surface area contributed by atoms with Crippen LogP contribution in [0, 0.1) is 5.92 Å². The number of hydrogen-bond donors (Lipinski definition) is 2. The number of nitrogens with zero attached hydrogens (tertiary/aromatic N) is 3. The molecule has 2 unspecified atom stereocenters. The standard InChI is InChI=1S/C21H35N5O2/c1-5-18-16(13-24-26(18)21(2,3)4)20(28)25-11-7-8-15(14-25)12-23-19(27)17-9-6-10-22-17/h13,15,17,22H,5-12,14H2,1-4H3,(H,23,27). The summed E-state index contributed by atoms with van der Waals surface area (Å²) in [5.74, 6) is 0.479. The summed E-state index contributed by atoms with van der Waals surface area (Å²) < 4.78 is 1.97. The maximum atomic E-state index is 13.2. The van der Waals surface area contributed by atoms with Crippen LogP contribution in [0.2, 0.25) is 0 Å². The number of aromatic nitrogens is 2. The Morgan fingerprint density at radius 1 is 1.29 bits per heavy atom. The molecule has 0 aliphatic carbocycles. The summed E-state index contributed by atoms with van der Waals surface area (Å²) in [7, 11) is 0. The van der Waals surface area contributed by atoms with Crippen LogP contribution in [0.5, 0.6) is 0 Å². The van der Waals surface area contributed by atoms with Crippen molar-refractivity contribution in [3.8, 4) is 0 Å². The lowest BCUT2D eigenvalue weighted by molar-refractivity contribution is -0.123. The first-order chi connectivity index (χ1) is 13.3. The summed E-state index contributed by atoms with van der Waals surface area (Å²) in [6.45, 7) is 11.4. The highest BCUT2D eigenvalue weighted by atomic mass is 16.2. The number of likely N-dealkylation sites (tertiary alicyclic amines) is 1. The molecule has 0 radical (unpaired) electrons. The zero-order chi connectivity index (χ0) is 20.3. The number of piperidine rings is 1. The average molecular weight is 390 g/mol. The van der Waals surface area contributed by atoms with E-state index in [1.165, 1.54) is 0 Å². The Kier molecular flexibility index (Phi) is 6.43. The normalized spacial score (nSPS) is 23.1. The molecule has 2 saturated heterocycles. The molecule has 0 aromatic carbocycles. The first kappa shape index (κ1) is 20.8. The molecule has 1 aromatic rings. The first-order valence-electron chi connectivity index (χ1n) is 10.7. The van der Waals surface area contributed by atoms with Crippen molar-refractivity contribution in [2.24, 2.45) is 5.92 Å². The molecule has 2 atom stereocenters. The summed E-state index contributed by atoms with van der Waals surface area (Å²) >= 11 is 0. The molecule has 3 rings (SSSR count). The van der Waals surface area contributed by atoms with Crippen molar-refractivity contribution in [2.75, 3.05) is 26.2 Å². The summed E-state index contributed by atoms with van der Waals surface area (Å²) in [6, 6.07) is -0.0447. The third-order valence-electron chi connectivity index (χ3n) is 5.82. The summed E-state index contributed by atoms with van der Waals surface area (Å²) in [5, 5.41) is 10.8. The van der Waals surface area contributed by atoms with Gasteiger partial charge in [0.05, 0.1) is 29.0 Å². The SMILES string of the molecule is CCc1c(C(=O)N2CCCC(CNC(=O)C3CCCN3)C2)cnn1C(C)(C)C. The lowest BCUT2D eigenvalue weighted by Gasteiger charge is -2.33. The van der Waals surface area contributed by atoms with E-state index >= 15 is 0 Å². The first-order valence-corrected chi connectivity index (χ1v) is 10.7. The van der Waals surface area contributed by atoms with Gasteiger partial charge in [0.25, 0.3) is 5.91 Å². The van der Waals surface area contributed by atoms with Crippen LogP contribution in [0.4, 0.5) is 0 Å². The second-order valence-corrected chi connectivity index (χ2v) is 9.09. The van der Waals surface area contributed by atoms with E-state index in [0.717, 1.165) is 56.5 Å². The van der Waals surface area contributed by atoms with Crippen molar-refractivity contribution in [3.63, 3.8) is 0 Å². The molecule has 2 N–H and O–H groups in total. The van der Waals surface area contributed by atoms with Gasteiger partial charge >= 0.3 is 0 Å². The van der Waals surface area contributed by atoms with Gasteiger partial charge < -0.3 is 15.5 Å². The highest BCUT2D eigenvalue weighted by Crippen LogP contribution is 2.23. The van der Waals surface area contributed by atoms with Crippen molar-refractivity contribution in [1.29, 1.82) is 0 Å². The van der Waals surface area contributed by atoms with Crippen molar-refractivity contribution < 1.29 is 9.59 Å². The molecule has 7 heteroatoms. The van der Waals surface area contributed by atoms with Gasteiger partial charge in [-0.2, -0.15) is 5.10 Å². The van der Waals surface area contributed by atoms with Crippen molar-refractivity contribution >= 4 is 11.8 Å². The van der Waals surface area contributed by atoms with Crippen LogP contribution in [0.25, 0.3) is 0 Å². The molecular formula is C21H35N5O2. The zero-order valence-corrected chi connectivity index (χ0v) is 17.8. The molecule has 2 aliphatic rings. The quantitative estimate of drug-likeness (QED) is 0.806. The molecule has 2 fully saturated rings. The molecule has 3 heterocycles. The van der Waals surface area contributed by atoms with Gasteiger partial charge in [0.2, 0.25) is 5.91 Å². The fraction of sp³-hybridized carbons (Fsp3) is 0.762. The van der Waals surface area contributed by atoms with E-state index in [-0.39, 0.29) is 23.4 Å². The topological polar surface area (TPSA) is 79.3 Å². The molecule has 2 amide bonds. The van der Waals surface area contributed by atoms with E-state index in [0.29, 0.717) is 19.0 Å². The predicted octanol–water partition coefficient (Wildman–Crippen LogP) is 1.92. The Labute approximate surface area is 168 Å². The van der Waals surface area contributed by atoms with E-state index in [4.69, 9.17) is 0 Å². The van der Waals surface area contributed by atoms with Gasteiger partial charge in [-0.1, -0.05) is 6.92 Å². The Bertz CT molecular complexity index is 700. The van der Waals surface area contributed by atoms with Gasteiger partial charge in [-0.15, -0.1) is 0 Å². The lowest BCUT2D eigenvalue weighted by atomic mass is 9.97. The highest BCUT2D eigenvalue weighted by Gasteiger charge is 2.30. The smallest absolute Gasteiger partial charge is 0.257 e. The minimum Gasteiger partial charge on any atom is -0.354 e. The van der Waals surface area contributed by atoms with E-state index in [1.54, 1.807) is 6.20 Å². The molecule has 0 saturated carbocycles. The van der Waals surface area contributed by atoms with Gasteiger partial charge in [0, 0.05) is 19.6 Å². The number of amides is 2. The van der Waals surface area contributed by atoms with Gasteiger partial charge in [0.15, 0.2) is 0 Å².